The van der Waals surface area contributed by atoms with Gasteiger partial charge in [-0.25, -0.2) is 4.72 Å². The van der Waals surface area contributed by atoms with Gasteiger partial charge in [-0.15, -0.1) is 0 Å². The normalized spacial score (nSPS) is 14.1. The first kappa shape index (κ1) is 10.7. The van der Waals surface area contributed by atoms with E-state index in [9.17, 15) is 13.2 Å². The third-order valence-electron chi connectivity index (χ3n) is 0.763. The third-order valence-corrected chi connectivity index (χ3v) is 1.62. The number of carbonyl (C=O) groups excluding carboxylic acids is 1. The van der Waals surface area contributed by atoms with E-state index in [4.69, 9.17) is 10.3 Å². The van der Waals surface area contributed by atoms with Crippen molar-refractivity contribution in [1.82, 2.24) is 4.72 Å². The van der Waals surface area contributed by atoms with Crippen molar-refractivity contribution in [3.05, 3.63) is 0 Å². The van der Waals surface area contributed by atoms with Crippen LogP contribution in [0.3, 0.4) is 0 Å². The van der Waals surface area contributed by atoms with Gasteiger partial charge in [-0.05, 0) is 0 Å². The number of hydrogen-bond acceptors (Lipinski definition) is 5. The molecule has 4 N–H and O–H groups in total. The molecule has 0 spiro atoms. The number of nitrogens with one attached hydrogen (secondary N) is 1. The maximum Gasteiger partial charge on any atom is 0.359 e. The molecule has 8 heteroatoms. The fourth-order valence-electron chi connectivity index (χ4n) is 0.286. The largest absolute Gasteiger partial charge is 0.359 e. The number of thiol groups is 1. The zero-order valence-corrected chi connectivity index (χ0v) is 7.10. The quantitative estimate of drug-likeness (QED) is 0.316. The van der Waals surface area contributed by atoms with Crippen molar-refractivity contribution >= 4 is 28.8 Å². The van der Waals surface area contributed by atoms with Crippen molar-refractivity contribution < 1.29 is 17.8 Å². The van der Waals surface area contributed by atoms with Gasteiger partial charge in [0.05, 0.1) is 6.04 Å². The van der Waals surface area contributed by atoms with Crippen LogP contribution in [0, 0.1) is 0 Å². The highest BCUT2D eigenvalue weighted by molar-refractivity contribution is 7.84. The van der Waals surface area contributed by atoms with Crippen LogP contribution < -0.4 is 10.5 Å². The molecule has 0 radical (unpaired) electrons. The molecule has 66 valence electrons. The molecule has 0 aliphatic heterocycles. The zero-order valence-electron chi connectivity index (χ0n) is 5.39. The minimum Gasteiger partial charge on any atom is -0.319 e. The van der Waals surface area contributed by atoms with E-state index in [1.807, 2.05) is 0 Å². The van der Waals surface area contributed by atoms with Gasteiger partial charge >= 0.3 is 10.3 Å². The average Bonchev–Trinajstić information content (AvgIpc) is 1.82. The van der Waals surface area contributed by atoms with E-state index < -0.39 is 22.3 Å². The second kappa shape index (κ2) is 3.90. The maximum absolute atomic E-state index is 10.6. The van der Waals surface area contributed by atoms with Crippen LogP contribution in [0.15, 0.2) is 0 Å². The van der Waals surface area contributed by atoms with Gasteiger partial charge in [-0.2, -0.15) is 21.0 Å². The van der Waals surface area contributed by atoms with Crippen LogP contribution in [0.5, 0.6) is 0 Å². The van der Waals surface area contributed by atoms with E-state index in [2.05, 4.69) is 12.6 Å². The lowest BCUT2D eigenvalue weighted by molar-refractivity contribution is -0.120. The molecule has 1 amide bonds. The predicted octanol–water partition coefficient (Wildman–Crippen LogP) is -1.84. The number of amides is 1. The second-order valence-electron chi connectivity index (χ2n) is 1.73. The molecule has 0 saturated carbocycles. The first-order chi connectivity index (χ1) is 4.87. The van der Waals surface area contributed by atoms with Crippen LogP contribution in [0.25, 0.3) is 0 Å². The molecule has 6 nitrogen and oxygen atoms in total. The average molecular weight is 200 g/mol. The van der Waals surface area contributed by atoms with Crippen molar-refractivity contribution in [3.8, 4) is 0 Å². The van der Waals surface area contributed by atoms with E-state index in [0.717, 1.165) is 0 Å². The minimum atomic E-state index is -4.49. The minimum absolute atomic E-state index is 0.00134. The number of hydrogen-bond donors (Lipinski definition) is 4. The number of carbonyl (C=O) groups is 1. The highest BCUT2D eigenvalue weighted by atomic mass is 32.2. The summed E-state index contributed by atoms with van der Waals surface area (Å²) in [6.07, 6.45) is 0. The van der Waals surface area contributed by atoms with Crippen molar-refractivity contribution in [2.24, 2.45) is 5.73 Å². The number of rotatable bonds is 3. The molecular weight excluding hydrogens is 192 g/mol. The Balaban J connectivity index is 4.10. The summed E-state index contributed by atoms with van der Waals surface area (Å²) in [6.45, 7) is 0. The Morgan fingerprint density at radius 3 is 2.45 bits per heavy atom. The summed E-state index contributed by atoms with van der Waals surface area (Å²) in [4.78, 5) is 10.6. The topological polar surface area (TPSA) is 109 Å². The number of nitrogens with two attached hydrogens (primary N) is 1. The highest BCUT2D eigenvalue weighted by Gasteiger charge is 2.16. The Hall–Kier alpha value is -0.310. The molecule has 0 fully saturated rings. The molecule has 0 heterocycles. The first-order valence-electron chi connectivity index (χ1n) is 2.52. The van der Waals surface area contributed by atoms with E-state index in [1.165, 1.54) is 4.72 Å². The molecule has 0 unspecified atom stereocenters. The van der Waals surface area contributed by atoms with E-state index >= 15 is 0 Å². The summed E-state index contributed by atoms with van der Waals surface area (Å²) in [5, 5.41) is 0. The fourth-order valence-corrected chi connectivity index (χ4v) is 0.857. The molecular formula is C3H8N2O4S2. The van der Waals surface area contributed by atoms with Gasteiger partial charge in [-0.1, -0.05) is 0 Å². The molecule has 0 aromatic heterocycles. The van der Waals surface area contributed by atoms with Gasteiger partial charge in [-0.3, -0.25) is 9.35 Å². The predicted molar refractivity (Wildman–Crippen MR) is 41.5 cm³/mol. The molecule has 11 heavy (non-hydrogen) atoms. The van der Waals surface area contributed by atoms with Gasteiger partial charge in [0.1, 0.15) is 0 Å². The van der Waals surface area contributed by atoms with E-state index in [-0.39, 0.29) is 5.75 Å². The molecule has 0 bridgehead atoms. The van der Waals surface area contributed by atoms with Gasteiger partial charge in [0.2, 0.25) is 0 Å². The Kier molecular flexibility index (Phi) is 3.79. The lowest BCUT2D eigenvalue weighted by Crippen LogP contribution is -2.44. The molecule has 0 aliphatic carbocycles. The summed E-state index contributed by atoms with van der Waals surface area (Å²) in [5.41, 5.74) is 5.06. The SMILES string of the molecule is N[C@@H](CS)C(=O)NS(=O)(=O)O. The van der Waals surface area contributed by atoms with E-state index in [1.54, 1.807) is 0 Å². The van der Waals surface area contributed by atoms with E-state index in [0.29, 0.717) is 0 Å². The van der Waals surface area contributed by atoms with Crippen LogP contribution in [0.2, 0.25) is 0 Å². The van der Waals surface area contributed by atoms with Crippen molar-refractivity contribution in [1.29, 1.82) is 0 Å². The monoisotopic (exact) mass is 200 g/mol. The van der Waals surface area contributed by atoms with Gasteiger partial charge < -0.3 is 5.73 Å². The maximum atomic E-state index is 10.6. The Labute approximate surface area is 69.4 Å². The summed E-state index contributed by atoms with van der Waals surface area (Å²) in [5.74, 6) is -0.982. The molecule has 0 rings (SSSR count). The van der Waals surface area contributed by atoms with Crippen LogP contribution in [0.4, 0.5) is 0 Å². The first-order valence-corrected chi connectivity index (χ1v) is 4.59. The molecule has 0 aromatic rings. The van der Waals surface area contributed by atoms with Crippen molar-refractivity contribution in [3.63, 3.8) is 0 Å². The summed E-state index contributed by atoms with van der Waals surface area (Å²) in [7, 11) is -4.49. The van der Waals surface area contributed by atoms with Gasteiger partial charge in [0, 0.05) is 5.75 Å². The molecule has 0 saturated heterocycles. The lowest BCUT2D eigenvalue weighted by atomic mass is 10.3. The Bertz CT molecular complexity index is 236. The standard InChI is InChI=1S/C3H8N2O4S2/c4-2(1-10)3(6)5-11(7,8)9/h2,10H,1,4H2,(H,5,6)(H,7,8,9)/t2-/m0/s1. The van der Waals surface area contributed by atoms with Crippen LogP contribution in [-0.2, 0) is 15.1 Å². The third kappa shape index (κ3) is 5.01. The lowest BCUT2D eigenvalue weighted by Gasteiger charge is -2.05. The summed E-state index contributed by atoms with van der Waals surface area (Å²) >= 11 is 3.64. The smallest absolute Gasteiger partial charge is 0.319 e. The highest BCUT2D eigenvalue weighted by Crippen LogP contribution is 1.84. The fraction of sp³-hybridized carbons (Fsp3) is 0.667. The second-order valence-corrected chi connectivity index (χ2v) is 3.25. The van der Waals surface area contributed by atoms with Crippen LogP contribution in [0.1, 0.15) is 0 Å². The van der Waals surface area contributed by atoms with Gasteiger partial charge in [0.15, 0.2) is 0 Å². The van der Waals surface area contributed by atoms with Gasteiger partial charge in [0.25, 0.3) is 5.91 Å². The molecule has 1 atom stereocenters. The zero-order chi connectivity index (χ0) is 9.07. The molecule has 0 aliphatic rings. The van der Waals surface area contributed by atoms with Crippen molar-refractivity contribution in [2.75, 3.05) is 5.75 Å². The van der Waals surface area contributed by atoms with Crippen LogP contribution >= 0.6 is 12.6 Å². The summed E-state index contributed by atoms with van der Waals surface area (Å²) < 4.78 is 29.4. The van der Waals surface area contributed by atoms with Crippen LogP contribution in [-0.4, -0.2) is 30.7 Å². The summed E-state index contributed by atoms with van der Waals surface area (Å²) in [6, 6.07) is -1.04. The Morgan fingerprint density at radius 1 is 1.73 bits per heavy atom. The Morgan fingerprint density at radius 2 is 2.18 bits per heavy atom. The van der Waals surface area contributed by atoms with Crippen molar-refractivity contribution in [2.45, 2.75) is 6.04 Å². The molecule has 0 aromatic carbocycles.